The summed E-state index contributed by atoms with van der Waals surface area (Å²) in [7, 11) is -2.50. The predicted octanol–water partition coefficient (Wildman–Crippen LogP) is 1.38. The average molecular weight is 413 g/mol. The second kappa shape index (κ2) is 5.96. The monoisotopic (exact) mass is 413 g/mol. The van der Waals surface area contributed by atoms with Crippen LogP contribution in [0, 0.1) is 3.57 Å². The predicted molar refractivity (Wildman–Crippen MR) is 82.2 cm³/mol. The van der Waals surface area contributed by atoms with Crippen molar-refractivity contribution in [1.29, 1.82) is 0 Å². The first-order valence-electron chi connectivity index (χ1n) is 5.67. The van der Waals surface area contributed by atoms with Gasteiger partial charge in [0, 0.05) is 17.2 Å². The summed E-state index contributed by atoms with van der Waals surface area (Å²) in [5, 5.41) is 18.7. The van der Waals surface area contributed by atoms with Crippen molar-refractivity contribution >= 4 is 38.6 Å². The highest BCUT2D eigenvalue weighted by Gasteiger charge is 2.27. The summed E-state index contributed by atoms with van der Waals surface area (Å²) < 4.78 is 26.1. The molecule has 0 aliphatic carbocycles. The fraction of sp³-hybridized carbons (Fsp3) is 0.417. The number of nitrogens with zero attached hydrogens (tertiary/aromatic N) is 1. The Bertz CT molecular complexity index is 621. The summed E-state index contributed by atoms with van der Waals surface area (Å²) in [6, 6.07) is 3.92. The van der Waals surface area contributed by atoms with E-state index in [0.29, 0.717) is 3.57 Å². The van der Waals surface area contributed by atoms with Gasteiger partial charge in [-0.1, -0.05) is 0 Å². The van der Waals surface area contributed by atoms with E-state index in [2.05, 4.69) is 0 Å². The molecular formula is C12H16INO5S. The van der Waals surface area contributed by atoms with Crippen molar-refractivity contribution in [3.63, 3.8) is 0 Å². The molecule has 0 spiro atoms. The van der Waals surface area contributed by atoms with Gasteiger partial charge in [-0.2, -0.15) is 4.31 Å². The van der Waals surface area contributed by atoms with E-state index in [4.69, 9.17) is 5.11 Å². The number of halogens is 1. The molecule has 0 saturated heterocycles. The molecule has 0 unspecified atom stereocenters. The number of sulfonamides is 1. The zero-order valence-electron chi connectivity index (χ0n) is 11.3. The molecule has 0 saturated carbocycles. The van der Waals surface area contributed by atoms with Crippen molar-refractivity contribution in [2.45, 2.75) is 24.3 Å². The maximum atomic E-state index is 12.3. The molecule has 0 fully saturated rings. The molecule has 0 aromatic heterocycles. The Balaban J connectivity index is 3.23. The molecule has 1 aromatic rings. The van der Waals surface area contributed by atoms with Crippen LogP contribution in [0.25, 0.3) is 0 Å². The maximum Gasteiger partial charge on any atom is 0.336 e. The smallest absolute Gasteiger partial charge is 0.336 e. The zero-order valence-corrected chi connectivity index (χ0v) is 14.3. The number of hydrogen-bond acceptors (Lipinski definition) is 4. The van der Waals surface area contributed by atoms with Gasteiger partial charge in [-0.3, -0.25) is 0 Å². The third-order valence-corrected chi connectivity index (χ3v) is 5.23. The Kier molecular flexibility index (Phi) is 5.17. The normalized spacial score (nSPS) is 12.7. The van der Waals surface area contributed by atoms with Crippen LogP contribution in [0.15, 0.2) is 23.1 Å². The second-order valence-electron chi connectivity index (χ2n) is 5.02. The Morgan fingerprint density at radius 2 is 1.95 bits per heavy atom. The number of carbonyl (C=O) groups is 1. The SMILES string of the molecule is CN(CC(C)(C)O)S(=O)(=O)c1ccc(I)c(C(=O)O)c1. The molecule has 0 amide bonds. The van der Waals surface area contributed by atoms with E-state index >= 15 is 0 Å². The Morgan fingerprint density at radius 3 is 2.40 bits per heavy atom. The summed E-state index contributed by atoms with van der Waals surface area (Å²) >= 11 is 1.83. The molecule has 0 atom stereocenters. The van der Waals surface area contributed by atoms with Crippen LogP contribution in [0.2, 0.25) is 0 Å². The molecule has 112 valence electrons. The molecule has 2 N–H and O–H groups in total. The molecule has 0 aliphatic heterocycles. The minimum absolute atomic E-state index is 0.0664. The lowest BCUT2D eigenvalue weighted by Gasteiger charge is -2.25. The number of carboxylic acid groups (broad SMARTS) is 1. The van der Waals surface area contributed by atoms with Crippen LogP contribution in [0.3, 0.4) is 0 Å². The Morgan fingerprint density at radius 1 is 1.40 bits per heavy atom. The van der Waals surface area contributed by atoms with Crippen LogP contribution in [-0.4, -0.2) is 48.1 Å². The molecule has 1 aromatic carbocycles. The summed E-state index contributed by atoms with van der Waals surface area (Å²) in [4.78, 5) is 10.9. The van der Waals surface area contributed by atoms with Crippen molar-refractivity contribution in [2.75, 3.05) is 13.6 Å². The number of carboxylic acids is 1. The van der Waals surface area contributed by atoms with E-state index in [1.807, 2.05) is 22.6 Å². The quantitative estimate of drug-likeness (QED) is 0.712. The fourth-order valence-corrected chi connectivity index (χ4v) is 3.56. The first kappa shape index (κ1) is 17.3. The molecule has 8 heteroatoms. The highest BCUT2D eigenvalue weighted by Crippen LogP contribution is 2.21. The van der Waals surface area contributed by atoms with Crippen LogP contribution in [0.1, 0.15) is 24.2 Å². The van der Waals surface area contributed by atoms with E-state index in [1.165, 1.54) is 33.0 Å². The van der Waals surface area contributed by atoms with Crippen molar-refractivity contribution in [2.24, 2.45) is 0 Å². The summed E-state index contributed by atoms with van der Waals surface area (Å²) in [6.45, 7) is 2.90. The standard InChI is InChI=1S/C12H16INO5S/c1-12(2,17)7-14(3)20(18,19)8-4-5-10(13)9(6-8)11(15)16/h4-6,17H,7H2,1-3H3,(H,15,16). The van der Waals surface area contributed by atoms with Crippen LogP contribution >= 0.6 is 22.6 Å². The minimum atomic E-state index is -3.84. The highest BCUT2D eigenvalue weighted by molar-refractivity contribution is 14.1. The van der Waals surface area contributed by atoms with Crippen LogP contribution < -0.4 is 0 Å². The molecule has 0 aliphatic rings. The van der Waals surface area contributed by atoms with Crippen molar-refractivity contribution in [1.82, 2.24) is 4.31 Å². The third kappa shape index (κ3) is 4.14. The lowest BCUT2D eigenvalue weighted by atomic mass is 10.1. The topological polar surface area (TPSA) is 94.9 Å². The molecule has 0 radical (unpaired) electrons. The van der Waals surface area contributed by atoms with Crippen molar-refractivity contribution in [3.05, 3.63) is 27.3 Å². The van der Waals surface area contributed by atoms with Crippen molar-refractivity contribution in [3.8, 4) is 0 Å². The van der Waals surface area contributed by atoms with Gasteiger partial charge in [-0.15, -0.1) is 0 Å². The van der Waals surface area contributed by atoms with Crippen molar-refractivity contribution < 1.29 is 23.4 Å². The van der Waals surface area contributed by atoms with E-state index in [1.54, 1.807) is 0 Å². The molecule has 20 heavy (non-hydrogen) atoms. The highest BCUT2D eigenvalue weighted by atomic mass is 127. The zero-order chi connectivity index (χ0) is 15.7. The summed E-state index contributed by atoms with van der Waals surface area (Å²) in [5.41, 5.74) is -1.25. The lowest BCUT2D eigenvalue weighted by Crippen LogP contribution is -2.39. The van der Waals surface area contributed by atoms with Gasteiger partial charge in [-0.05, 0) is 54.6 Å². The maximum absolute atomic E-state index is 12.3. The molecule has 1 rings (SSSR count). The number of benzene rings is 1. The molecule has 0 bridgehead atoms. The van der Waals surface area contributed by atoms with E-state index < -0.39 is 21.6 Å². The fourth-order valence-electron chi connectivity index (χ4n) is 1.64. The Labute approximate surface area is 131 Å². The number of rotatable bonds is 5. The van der Waals surface area contributed by atoms with E-state index in [0.717, 1.165) is 10.4 Å². The molecular weight excluding hydrogens is 397 g/mol. The Hall–Kier alpha value is -0.710. The van der Waals surface area contributed by atoms with Gasteiger partial charge in [-0.25, -0.2) is 13.2 Å². The van der Waals surface area contributed by atoms with Crippen LogP contribution in [0.5, 0.6) is 0 Å². The van der Waals surface area contributed by atoms with Gasteiger partial charge in [0.25, 0.3) is 0 Å². The van der Waals surface area contributed by atoms with Gasteiger partial charge < -0.3 is 10.2 Å². The van der Waals surface area contributed by atoms with Crippen LogP contribution in [0.4, 0.5) is 0 Å². The number of aromatic carboxylic acids is 1. The number of hydrogen-bond donors (Lipinski definition) is 2. The minimum Gasteiger partial charge on any atom is -0.478 e. The first-order chi connectivity index (χ1) is 8.95. The molecule has 0 heterocycles. The van der Waals surface area contributed by atoms with Gasteiger partial charge in [0.1, 0.15) is 0 Å². The van der Waals surface area contributed by atoms with Crippen LogP contribution in [-0.2, 0) is 10.0 Å². The summed E-state index contributed by atoms with van der Waals surface area (Å²) in [6.07, 6.45) is 0. The van der Waals surface area contributed by atoms with E-state index in [9.17, 15) is 18.3 Å². The third-order valence-electron chi connectivity index (χ3n) is 2.49. The van der Waals surface area contributed by atoms with Gasteiger partial charge in [0.05, 0.1) is 16.1 Å². The average Bonchev–Trinajstić information content (AvgIpc) is 2.26. The van der Waals surface area contributed by atoms with Gasteiger partial charge in [0.2, 0.25) is 10.0 Å². The number of likely N-dealkylation sites (N-methyl/N-ethyl adjacent to an activating group) is 1. The largest absolute Gasteiger partial charge is 0.478 e. The van der Waals surface area contributed by atoms with Gasteiger partial charge >= 0.3 is 5.97 Å². The molecule has 6 nitrogen and oxygen atoms in total. The second-order valence-corrected chi connectivity index (χ2v) is 8.23. The van der Waals surface area contributed by atoms with Gasteiger partial charge in [0.15, 0.2) is 0 Å². The number of aliphatic hydroxyl groups is 1. The lowest BCUT2D eigenvalue weighted by molar-refractivity contribution is 0.0638. The summed E-state index contributed by atoms with van der Waals surface area (Å²) in [5.74, 6) is -1.18. The van der Waals surface area contributed by atoms with E-state index in [-0.39, 0.29) is 17.0 Å². The first-order valence-corrected chi connectivity index (χ1v) is 8.18.